The molecule has 2 aromatic rings. The number of amides is 2. The molecule has 5 nitrogen and oxygen atoms in total. The summed E-state index contributed by atoms with van der Waals surface area (Å²) in [5.41, 5.74) is 2.58. The molecule has 2 atom stereocenters. The van der Waals surface area contributed by atoms with Crippen molar-refractivity contribution < 1.29 is 18.7 Å². The number of carbonyl (C=O) groups excluding carboxylic acids is 2. The largest absolute Gasteiger partial charge is 0.495 e. The lowest BCUT2D eigenvalue weighted by Crippen LogP contribution is -2.29. The predicted molar refractivity (Wildman–Crippen MR) is 101 cm³/mol. The predicted octanol–water partition coefficient (Wildman–Crippen LogP) is 3.08. The minimum absolute atomic E-state index is 0.117. The number of methoxy groups -OCH3 is 1. The molecule has 0 saturated heterocycles. The first-order valence-corrected chi connectivity index (χ1v) is 8.95. The highest BCUT2D eigenvalue weighted by Crippen LogP contribution is 2.40. The van der Waals surface area contributed by atoms with Gasteiger partial charge in [0.2, 0.25) is 11.8 Å². The Morgan fingerprint density at radius 1 is 1.11 bits per heavy atom. The Kier molecular flexibility index (Phi) is 5.74. The van der Waals surface area contributed by atoms with Gasteiger partial charge >= 0.3 is 0 Å². The summed E-state index contributed by atoms with van der Waals surface area (Å²) in [6, 6.07) is 11.8. The second kappa shape index (κ2) is 8.20. The molecule has 1 aliphatic rings. The smallest absolute Gasteiger partial charge is 0.228 e. The van der Waals surface area contributed by atoms with Crippen LogP contribution in [0.25, 0.3) is 0 Å². The minimum Gasteiger partial charge on any atom is -0.495 e. The van der Waals surface area contributed by atoms with Crippen LogP contribution in [0.1, 0.15) is 17.5 Å². The van der Waals surface area contributed by atoms with Gasteiger partial charge in [-0.15, -0.1) is 0 Å². The number of nitrogens with one attached hydrogen (secondary N) is 2. The molecule has 0 bridgehead atoms. The molecule has 0 radical (unpaired) electrons. The first-order chi connectivity index (χ1) is 13.0. The monoisotopic (exact) mass is 370 g/mol. The van der Waals surface area contributed by atoms with E-state index in [1.165, 1.54) is 12.1 Å². The lowest BCUT2D eigenvalue weighted by atomic mass is 10.1. The van der Waals surface area contributed by atoms with Gasteiger partial charge in [0.1, 0.15) is 11.6 Å². The van der Waals surface area contributed by atoms with E-state index in [1.54, 1.807) is 25.3 Å². The van der Waals surface area contributed by atoms with E-state index in [9.17, 15) is 14.0 Å². The number of anilines is 1. The maximum absolute atomic E-state index is 12.9. The molecule has 1 fully saturated rings. The first-order valence-electron chi connectivity index (χ1n) is 8.95. The molecule has 3 rings (SSSR count). The maximum Gasteiger partial charge on any atom is 0.228 e. The average Bonchev–Trinajstić information content (AvgIpc) is 3.44. The molecular weight excluding hydrogens is 347 g/mol. The minimum atomic E-state index is -0.318. The Balaban J connectivity index is 1.47. The van der Waals surface area contributed by atoms with Crippen molar-refractivity contribution >= 4 is 17.5 Å². The van der Waals surface area contributed by atoms with Crippen LogP contribution in [0.2, 0.25) is 0 Å². The van der Waals surface area contributed by atoms with Gasteiger partial charge in [-0.25, -0.2) is 4.39 Å². The Hall–Kier alpha value is -2.89. The van der Waals surface area contributed by atoms with Gasteiger partial charge in [-0.1, -0.05) is 18.2 Å². The highest BCUT2D eigenvalue weighted by atomic mass is 19.1. The number of hydrogen-bond donors (Lipinski definition) is 2. The fourth-order valence-corrected chi connectivity index (χ4v) is 3.03. The SMILES string of the molecule is COc1ccc(C)cc1NC(=O)C1CC1C(=O)NCCc1ccc(F)cc1. The fourth-order valence-electron chi connectivity index (χ4n) is 3.03. The van der Waals surface area contributed by atoms with E-state index in [0.717, 1.165) is 11.1 Å². The fraction of sp³-hybridized carbons (Fsp3) is 0.333. The first kappa shape index (κ1) is 18.9. The van der Waals surface area contributed by atoms with E-state index in [0.29, 0.717) is 30.8 Å². The van der Waals surface area contributed by atoms with Crippen LogP contribution in [-0.4, -0.2) is 25.5 Å². The summed E-state index contributed by atoms with van der Waals surface area (Å²) in [4.78, 5) is 24.6. The molecule has 2 unspecified atom stereocenters. The molecule has 6 heteroatoms. The van der Waals surface area contributed by atoms with E-state index in [1.807, 2.05) is 19.1 Å². The third kappa shape index (κ3) is 4.84. The standard InChI is InChI=1S/C21H23FN2O3/c1-13-3-8-19(27-2)18(11-13)24-21(26)17-12-16(17)20(25)23-10-9-14-4-6-15(22)7-5-14/h3-8,11,16-17H,9-10,12H2,1-2H3,(H,23,25)(H,24,26). The summed E-state index contributed by atoms with van der Waals surface area (Å²) in [6.45, 7) is 2.39. The van der Waals surface area contributed by atoms with Crippen LogP contribution in [0.5, 0.6) is 5.75 Å². The van der Waals surface area contributed by atoms with Gasteiger partial charge in [-0.3, -0.25) is 9.59 Å². The van der Waals surface area contributed by atoms with Crippen LogP contribution in [0.4, 0.5) is 10.1 Å². The molecule has 1 aliphatic carbocycles. The summed E-state index contributed by atoms with van der Waals surface area (Å²) in [5.74, 6) is -0.587. The van der Waals surface area contributed by atoms with Crippen LogP contribution < -0.4 is 15.4 Å². The normalized spacial score (nSPS) is 17.9. The Bertz CT molecular complexity index is 836. The molecule has 0 heterocycles. The Morgan fingerprint density at radius 2 is 1.81 bits per heavy atom. The van der Waals surface area contributed by atoms with Crippen LogP contribution in [0.3, 0.4) is 0 Å². The van der Waals surface area contributed by atoms with Gasteiger partial charge < -0.3 is 15.4 Å². The summed E-state index contributed by atoms with van der Waals surface area (Å²) >= 11 is 0. The van der Waals surface area contributed by atoms with Gasteiger partial charge in [0.25, 0.3) is 0 Å². The Labute approximate surface area is 157 Å². The highest BCUT2D eigenvalue weighted by Gasteiger charge is 2.48. The van der Waals surface area contributed by atoms with Crippen LogP contribution in [-0.2, 0) is 16.0 Å². The van der Waals surface area contributed by atoms with Crippen molar-refractivity contribution in [2.75, 3.05) is 19.0 Å². The molecule has 0 aromatic heterocycles. The third-order valence-electron chi connectivity index (χ3n) is 4.70. The van der Waals surface area contributed by atoms with Crippen molar-refractivity contribution in [3.8, 4) is 5.75 Å². The van der Waals surface area contributed by atoms with Crippen LogP contribution in [0.15, 0.2) is 42.5 Å². The van der Waals surface area contributed by atoms with Crippen molar-refractivity contribution in [3.63, 3.8) is 0 Å². The van der Waals surface area contributed by atoms with Crippen molar-refractivity contribution in [2.24, 2.45) is 11.8 Å². The van der Waals surface area contributed by atoms with Crippen molar-refractivity contribution in [2.45, 2.75) is 19.8 Å². The van der Waals surface area contributed by atoms with E-state index in [4.69, 9.17) is 4.74 Å². The third-order valence-corrected chi connectivity index (χ3v) is 4.70. The van der Waals surface area contributed by atoms with Crippen LogP contribution >= 0.6 is 0 Å². The second-order valence-corrected chi connectivity index (χ2v) is 6.81. The van der Waals surface area contributed by atoms with E-state index < -0.39 is 0 Å². The average molecular weight is 370 g/mol. The molecule has 2 N–H and O–H groups in total. The molecular formula is C21H23FN2O3. The number of hydrogen-bond acceptors (Lipinski definition) is 3. The van der Waals surface area contributed by atoms with E-state index >= 15 is 0 Å². The molecule has 0 aliphatic heterocycles. The van der Waals surface area contributed by atoms with Crippen molar-refractivity contribution in [1.29, 1.82) is 0 Å². The zero-order valence-electron chi connectivity index (χ0n) is 15.4. The number of carbonyl (C=O) groups is 2. The Morgan fingerprint density at radius 3 is 2.52 bits per heavy atom. The summed E-state index contributed by atoms with van der Waals surface area (Å²) in [6.07, 6.45) is 1.17. The lowest BCUT2D eigenvalue weighted by Gasteiger charge is -2.11. The number of benzene rings is 2. The molecule has 2 aromatic carbocycles. The van der Waals surface area contributed by atoms with Gasteiger partial charge in [-0.2, -0.15) is 0 Å². The van der Waals surface area contributed by atoms with Crippen LogP contribution in [0, 0.1) is 24.6 Å². The highest BCUT2D eigenvalue weighted by molar-refractivity contribution is 6.00. The molecule has 1 saturated carbocycles. The maximum atomic E-state index is 12.9. The summed E-state index contributed by atoms with van der Waals surface area (Å²) in [5, 5.41) is 5.71. The second-order valence-electron chi connectivity index (χ2n) is 6.81. The lowest BCUT2D eigenvalue weighted by molar-refractivity contribution is -0.125. The van der Waals surface area contributed by atoms with Crippen molar-refractivity contribution in [3.05, 3.63) is 59.4 Å². The van der Waals surface area contributed by atoms with Gasteiger partial charge in [-0.05, 0) is 55.2 Å². The number of rotatable bonds is 7. The quantitative estimate of drug-likeness (QED) is 0.787. The number of ether oxygens (including phenoxy) is 1. The van der Waals surface area contributed by atoms with Crippen molar-refractivity contribution in [1.82, 2.24) is 5.32 Å². The summed E-state index contributed by atoms with van der Waals surface area (Å²) < 4.78 is 18.1. The topological polar surface area (TPSA) is 67.4 Å². The zero-order chi connectivity index (χ0) is 19.4. The van der Waals surface area contributed by atoms with Gasteiger partial charge in [0, 0.05) is 6.54 Å². The van der Waals surface area contributed by atoms with Gasteiger partial charge in [0.05, 0.1) is 24.6 Å². The number of aryl methyl sites for hydroxylation is 1. The van der Waals surface area contributed by atoms with Gasteiger partial charge in [0.15, 0.2) is 0 Å². The van der Waals surface area contributed by atoms with E-state index in [-0.39, 0.29) is 29.5 Å². The summed E-state index contributed by atoms with van der Waals surface area (Å²) in [7, 11) is 1.55. The van der Waals surface area contributed by atoms with E-state index in [2.05, 4.69) is 10.6 Å². The number of halogens is 1. The molecule has 142 valence electrons. The molecule has 27 heavy (non-hydrogen) atoms. The molecule has 0 spiro atoms. The molecule has 2 amide bonds. The zero-order valence-corrected chi connectivity index (χ0v) is 15.4.